The van der Waals surface area contributed by atoms with Crippen LogP contribution in [0.3, 0.4) is 0 Å². The van der Waals surface area contributed by atoms with Gasteiger partial charge in [0.25, 0.3) is 0 Å². The van der Waals surface area contributed by atoms with Crippen LogP contribution < -0.4 is 0 Å². The van der Waals surface area contributed by atoms with Gasteiger partial charge in [-0.15, -0.1) is 0 Å². The number of piperidine rings is 2. The second kappa shape index (κ2) is 30.9. The lowest BCUT2D eigenvalue weighted by atomic mass is 9.56. The molecule has 3 heteroatoms. The van der Waals surface area contributed by atoms with Crippen LogP contribution >= 0.6 is 0 Å². The van der Waals surface area contributed by atoms with E-state index in [1.54, 1.807) is 6.92 Å². The van der Waals surface area contributed by atoms with Crippen molar-refractivity contribution in [3.63, 3.8) is 0 Å². The molecule has 1 amide bonds. The number of likely N-dealkylation sites (tertiary alicyclic amines) is 2. The maximum atomic E-state index is 11.3. The summed E-state index contributed by atoms with van der Waals surface area (Å²) in [6.45, 7) is 53.8. The van der Waals surface area contributed by atoms with Gasteiger partial charge in [0.1, 0.15) is 0 Å². The number of hydrogen-bond acceptors (Lipinski definition) is 2. The molecule has 5 fully saturated rings. The smallest absolute Gasteiger partial charge is 0.219 e. The molecule has 0 unspecified atom stereocenters. The van der Waals surface area contributed by atoms with E-state index in [-0.39, 0.29) is 28.2 Å². The van der Waals surface area contributed by atoms with Crippen molar-refractivity contribution in [3.8, 4) is 0 Å². The van der Waals surface area contributed by atoms with Gasteiger partial charge in [-0.3, -0.25) is 4.79 Å². The van der Waals surface area contributed by atoms with E-state index in [1.165, 1.54) is 122 Å². The van der Waals surface area contributed by atoms with Gasteiger partial charge in [0, 0.05) is 20.0 Å². The van der Waals surface area contributed by atoms with Crippen LogP contribution in [0.1, 0.15) is 277 Å². The van der Waals surface area contributed by atoms with E-state index in [0.29, 0.717) is 33.5 Å². The number of carbonyl (C=O) groups is 1. The van der Waals surface area contributed by atoms with Crippen molar-refractivity contribution in [3.05, 3.63) is 0 Å². The Hall–Kier alpha value is -0.570. The standard InChI is InChI=1S/C13H25NO.C12H25N.2C12H24.C10H20.3CH4/c1-10(2)13(11(3)4)6-8-14(9-7-13)12(5)15;1-10(2)12(11(3)4)6-8-13(5)9-7-12;2*1-10(2)12(11(3)4)8-6-5-7-9-12;1-8(2)10(9(3)4)6-5-7-10;;;/h10-11H,6-9H2,1-5H3;10-11H,6-9H2,1-5H3;2*10-11H,5-9H2,1-4H3;8-9H,5-7H2,1-4H3;3*1H4. The Morgan fingerprint density at radius 3 is 0.646 bits per heavy atom. The van der Waals surface area contributed by atoms with E-state index in [4.69, 9.17) is 0 Å². The molecule has 394 valence electrons. The summed E-state index contributed by atoms with van der Waals surface area (Å²) in [6, 6.07) is 0. The van der Waals surface area contributed by atoms with Gasteiger partial charge >= 0.3 is 0 Å². The van der Waals surface area contributed by atoms with Crippen LogP contribution in [0.15, 0.2) is 0 Å². The number of hydrogen-bond donors (Lipinski definition) is 0. The molecule has 0 spiro atoms. The molecule has 2 heterocycles. The molecule has 3 aliphatic carbocycles. The Morgan fingerprint density at radius 2 is 0.492 bits per heavy atom. The zero-order chi connectivity index (χ0) is 47.9. The fourth-order valence-electron chi connectivity index (χ4n) is 14.4. The van der Waals surface area contributed by atoms with E-state index in [9.17, 15) is 4.79 Å². The van der Waals surface area contributed by atoms with Gasteiger partial charge in [-0.1, -0.05) is 206 Å². The first-order chi connectivity index (χ1) is 28.7. The second-order valence-corrected chi connectivity index (χ2v) is 25.5. The zero-order valence-electron chi connectivity index (χ0n) is 46.9. The fourth-order valence-corrected chi connectivity index (χ4v) is 14.4. The van der Waals surface area contributed by atoms with Crippen molar-refractivity contribution in [2.45, 2.75) is 277 Å². The third-order valence-corrected chi connectivity index (χ3v) is 20.4. The average Bonchev–Trinajstić information content (AvgIpc) is 3.18. The average molecular weight is 920 g/mol. The maximum absolute atomic E-state index is 11.3. The summed E-state index contributed by atoms with van der Waals surface area (Å²) in [5, 5.41) is 0. The molecular weight excluding hydrogens is 789 g/mol. The summed E-state index contributed by atoms with van der Waals surface area (Å²) in [6.07, 6.45) is 24.2. The minimum atomic E-state index is 0. The second-order valence-electron chi connectivity index (χ2n) is 25.5. The molecule has 3 saturated carbocycles. The largest absolute Gasteiger partial charge is 0.343 e. The van der Waals surface area contributed by atoms with Crippen molar-refractivity contribution in [1.29, 1.82) is 0 Å². The van der Waals surface area contributed by atoms with Gasteiger partial charge in [-0.25, -0.2) is 0 Å². The van der Waals surface area contributed by atoms with Gasteiger partial charge in [-0.2, -0.15) is 0 Å². The third kappa shape index (κ3) is 18.0. The van der Waals surface area contributed by atoms with Gasteiger partial charge in [-0.05, 0) is 171 Å². The lowest BCUT2D eigenvalue weighted by Gasteiger charge is -2.49. The minimum absolute atomic E-state index is 0. The minimum Gasteiger partial charge on any atom is -0.343 e. The zero-order valence-corrected chi connectivity index (χ0v) is 46.9. The van der Waals surface area contributed by atoms with Crippen LogP contribution in [-0.2, 0) is 4.79 Å². The van der Waals surface area contributed by atoms with E-state index in [0.717, 1.165) is 65.8 Å². The Kier molecular flexibility index (Phi) is 32.7. The molecule has 5 rings (SSSR count). The van der Waals surface area contributed by atoms with E-state index in [1.807, 2.05) is 4.90 Å². The van der Waals surface area contributed by atoms with E-state index in [2.05, 4.69) is 150 Å². The highest BCUT2D eigenvalue weighted by Crippen LogP contribution is 2.53. The summed E-state index contributed by atoms with van der Waals surface area (Å²) in [7, 11) is 2.24. The molecule has 0 aromatic rings. The first-order valence-electron chi connectivity index (χ1n) is 27.6. The van der Waals surface area contributed by atoms with E-state index < -0.39 is 0 Å². The van der Waals surface area contributed by atoms with Gasteiger partial charge in [0.2, 0.25) is 5.91 Å². The summed E-state index contributed by atoms with van der Waals surface area (Å²) in [4.78, 5) is 15.7. The molecule has 5 aliphatic rings. The van der Waals surface area contributed by atoms with Gasteiger partial charge < -0.3 is 9.80 Å². The first-order valence-corrected chi connectivity index (χ1v) is 27.6. The molecule has 0 atom stereocenters. The SMILES string of the molecule is C.C.C.CC(=O)N1CCC(C(C)C)(C(C)C)CC1.CC(C)C1(C(C)C)CCC1.CC(C)C1(C(C)C)CCCCC1.CC(C)C1(C(C)C)CCCCC1.CC(C)C1(C(C)C)CCN(C)CC1. The van der Waals surface area contributed by atoms with Crippen molar-refractivity contribution in [2.24, 2.45) is 86.3 Å². The number of carbonyl (C=O) groups excluding carboxylic acids is 1. The lowest BCUT2D eigenvalue weighted by Crippen LogP contribution is -2.46. The van der Waals surface area contributed by atoms with Gasteiger partial charge in [0.15, 0.2) is 0 Å². The summed E-state index contributed by atoms with van der Waals surface area (Å²) < 4.78 is 0. The van der Waals surface area contributed by atoms with Crippen LogP contribution in [0.5, 0.6) is 0 Å². The molecule has 0 bridgehead atoms. The first kappa shape index (κ1) is 68.7. The lowest BCUT2D eigenvalue weighted by molar-refractivity contribution is -0.132. The topological polar surface area (TPSA) is 23.6 Å². The maximum Gasteiger partial charge on any atom is 0.219 e. The van der Waals surface area contributed by atoms with Crippen LogP contribution in [0.25, 0.3) is 0 Å². The Balaban J connectivity index is -0.000000734. The van der Waals surface area contributed by atoms with Crippen LogP contribution in [0.4, 0.5) is 0 Å². The molecule has 2 saturated heterocycles. The summed E-state index contributed by atoms with van der Waals surface area (Å²) >= 11 is 0. The highest BCUT2D eigenvalue weighted by atomic mass is 16.2. The van der Waals surface area contributed by atoms with Crippen molar-refractivity contribution < 1.29 is 4.79 Å². The predicted molar refractivity (Wildman–Crippen MR) is 299 cm³/mol. The molecule has 3 nitrogen and oxygen atoms in total. The molecule has 65 heavy (non-hydrogen) atoms. The monoisotopic (exact) mass is 919 g/mol. The van der Waals surface area contributed by atoms with Crippen LogP contribution in [0.2, 0.25) is 0 Å². The van der Waals surface area contributed by atoms with Gasteiger partial charge in [0.05, 0.1) is 0 Å². The predicted octanol–water partition coefficient (Wildman–Crippen LogP) is 19.8. The molecule has 0 radical (unpaired) electrons. The Labute approximate surface area is 415 Å². The fraction of sp³-hybridized carbons (Fsp3) is 0.984. The Bertz CT molecular complexity index is 1090. The van der Waals surface area contributed by atoms with Crippen LogP contribution in [-0.4, -0.2) is 48.9 Å². The number of rotatable bonds is 10. The number of nitrogens with zero attached hydrogens (tertiary/aromatic N) is 2. The molecule has 0 aromatic heterocycles. The summed E-state index contributed by atoms with van der Waals surface area (Å²) in [5.41, 5.74) is 3.15. The highest BCUT2D eigenvalue weighted by Gasteiger charge is 2.43. The molecule has 0 aromatic carbocycles. The highest BCUT2D eigenvalue weighted by molar-refractivity contribution is 5.73. The summed E-state index contributed by atoms with van der Waals surface area (Å²) in [5.74, 6) is 8.60. The van der Waals surface area contributed by atoms with Crippen molar-refractivity contribution in [1.82, 2.24) is 9.80 Å². The molecular formula is C62H130N2O. The normalized spacial score (nSPS) is 22.0. The molecule has 0 N–H and O–H groups in total. The number of amides is 1. The Morgan fingerprint density at radius 1 is 0.308 bits per heavy atom. The van der Waals surface area contributed by atoms with E-state index >= 15 is 0 Å². The third-order valence-electron chi connectivity index (χ3n) is 20.4. The van der Waals surface area contributed by atoms with Crippen LogP contribution in [0, 0.1) is 86.3 Å². The van der Waals surface area contributed by atoms with Crippen molar-refractivity contribution in [2.75, 3.05) is 33.2 Å². The van der Waals surface area contributed by atoms with Crippen molar-refractivity contribution >= 4 is 5.91 Å². The quantitative estimate of drug-likeness (QED) is 0.218. The molecule has 2 aliphatic heterocycles.